The molecular formula is C14H22O3. The smallest absolute Gasteiger partial charge is 0.331 e. The van der Waals surface area contributed by atoms with Crippen molar-refractivity contribution in [2.75, 3.05) is 13.7 Å². The quantitative estimate of drug-likeness (QED) is 0.709. The zero-order valence-electron chi connectivity index (χ0n) is 10.8. The lowest BCUT2D eigenvalue weighted by Crippen LogP contribution is -2.56. The topological polar surface area (TPSA) is 35.5 Å². The lowest BCUT2D eigenvalue weighted by atomic mass is 9.48. The normalized spacial score (nSPS) is 47.2. The van der Waals surface area contributed by atoms with Crippen LogP contribution in [0.4, 0.5) is 0 Å². The van der Waals surface area contributed by atoms with Gasteiger partial charge in [-0.3, -0.25) is 0 Å². The van der Waals surface area contributed by atoms with Crippen molar-refractivity contribution < 1.29 is 14.3 Å². The summed E-state index contributed by atoms with van der Waals surface area (Å²) >= 11 is 0. The predicted octanol–water partition coefficient (Wildman–Crippen LogP) is 2.53. The third kappa shape index (κ3) is 1.99. The minimum absolute atomic E-state index is 0.00692. The average molecular weight is 238 g/mol. The minimum atomic E-state index is -0.245. The molecule has 0 radical (unpaired) electrons. The molecule has 0 saturated heterocycles. The third-order valence-electron chi connectivity index (χ3n) is 5.02. The largest absolute Gasteiger partial charge is 0.467 e. The van der Waals surface area contributed by atoms with Crippen molar-refractivity contribution in [1.29, 1.82) is 0 Å². The van der Waals surface area contributed by atoms with E-state index in [9.17, 15) is 4.79 Å². The van der Waals surface area contributed by atoms with Crippen molar-refractivity contribution in [2.45, 2.75) is 51.0 Å². The van der Waals surface area contributed by atoms with E-state index in [1.807, 2.05) is 0 Å². The highest BCUT2D eigenvalue weighted by molar-refractivity contribution is 5.70. The SMILES string of the molecule is COC(=O)COC12CC3CC(CC(C)(C3)C1)C2. The lowest BCUT2D eigenvalue weighted by molar-refractivity contribution is -0.196. The maximum atomic E-state index is 11.2. The van der Waals surface area contributed by atoms with E-state index in [0.717, 1.165) is 31.1 Å². The summed E-state index contributed by atoms with van der Waals surface area (Å²) in [4.78, 5) is 11.2. The second-order valence-electron chi connectivity index (χ2n) is 6.82. The number of carbonyl (C=O) groups is 1. The molecule has 0 aromatic carbocycles. The maximum Gasteiger partial charge on any atom is 0.331 e. The first-order valence-corrected chi connectivity index (χ1v) is 6.73. The van der Waals surface area contributed by atoms with E-state index in [4.69, 9.17) is 4.74 Å². The molecule has 4 aliphatic carbocycles. The van der Waals surface area contributed by atoms with Crippen molar-refractivity contribution in [2.24, 2.45) is 17.3 Å². The fourth-order valence-corrected chi connectivity index (χ4v) is 5.07. The third-order valence-corrected chi connectivity index (χ3v) is 5.02. The van der Waals surface area contributed by atoms with Gasteiger partial charge >= 0.3 is 5.97 Å². The van der Waals surface area contributed by atoms with Crippen molar-refractivity contribution in [3.05, 3.63) is 0 Å². The molecule has 96 valence electrons. The van der Waals surface area contributed by atoms with Gasteiger partial charge < -0.3 is 9.47 Å². The lowest BCUT2D eigenvalue weighted by Gasteiger charge is -2.60. The fraction of sp³-hybridized carbons (Fsp3) is 0.929. The number of hydrogen-bond donors (Lipinski definition) is 0. The molecule has 4 fully saturated rings. The minimum Gasteiger partial charge on any atom is -0.467 e. The number of carbonyl (C=O) groups excluding carboxylic acids is 1. The molecule has 3 nitrogen and oxygen atoms in total. The average Bonchev–Trinajstić information content (AvgIpc) is 2.22. The van der Waals surface area contributed by atoms with E-state index < -0.39 is 0 Å². The van der Waals surface area contributed by atoms with Crippen LogP contribution in [0.15, 0.2) is 0 Å². The number of methoxy groups -OCH3 is 1. The summed E-state index contributed by atoms with van der Waals surface area (Å²) in [6.45, 7) is 2.53. The van der Waals surface area contributed by atoms with Gasteiger partial charge in [-0.2, -0.15) is 0 Å². The Morgan fingerprint density at radius 2 is 1.88 bits per heavy atom. The van der Waals surface area contributed by atoms with Crippen LogP contribution in [0, 0.1) is 17.3 Å². The van der Waals surface area contributed by atoms with Gasteiger partial charge in [0.15, 0.2) is 0 Å². The van der Waals surface area contributed by atoms with Crippen molar-refractivity contribution in [3.8, 4) is 0 Å². The Balaban J connectivity index is 1.72. The molecule has 17 heavy (non-hydrogen) atoms. The molecule has 3 heteroatoms. The van der Waals surface area contributed by atoms with E-state index >= 15 is 0 Å². The Morgan fingerprint density at radius 3 is 2.41 bits per heavy atom. The Kier molecular flexibility index (Phi) is 2.51. The Hall–Kier alpha value is -0.570. The highest BCUT2D eigenvalue weighted by atomic mass is 16.6. The molecule has 4 bridgehead atoms. The number of hydrogen-bond acceptors (Lipinski definition) is 3. The first-order chi connectivity index (χ1) is 8.03. The van der Waals surface area contributed by atoms with Crippen LogP contribution in [0.1, 0.15) is 45.4 Å². The van der Waals surface area contributed by atoms with E-state index in [1.165, 1.54) is 26.4 Å². The van der Waals surface area contributed by atoms with Gasteiger partial charge in [0.05, 0.1) is 12.7 Å². The summed E-state index contributed by atoms with van der Waals surface area (Å²) in [5, 5.41) is 0. The van der Waals surface area contributed by atoms with Gasteiger partial charge in [0.1, 0.15) is 6.61 Å². The zero-order chi connectivity index (χ0) is 12.1. The standard InChI is InChI=1S/C14H22O3/c1-13-4-10-3-11(5-13)7-14(6-10,9-13)17-8-12(15)16-2/h10-11H,3-9H2,1-2H3. The van der Waals surface area contributed by atoms with Crippen molar-refractivity contribution >= 4 is 5.97 Å². The molecule has 2 unspecified atom stereocenters. The van der Waals surface area contributed by atoms with E-state index in [1.54, 1.807) is 0 Å². The fourth-order valence-electron chi connectivity index (χ4n) is 5.07. The molecule has 4 rings (SSSR count). The van der Waals surface area contributed by atoms with E-state index in [2.05, 4.69) is 11.7 Å². The summed E-state index contributed by atoms with van der Waals surface area (Å²) in [6, 6.07) is 0. The number of rotatable bonds is 3. The van der Waals surface area contributed by atoms with Crippen LogP contribution in [0.5, 0.6) is 0 Å². The van der Waals surface area contributed by atoms with E-state index in [0.29, 0.717) is 5.41 Å². The summed E-state index contributed by atoms with van der Waals surface area (Å²) in [5.74, 6) is 1.42. The van der Waals surface area contributed by atoms with Gasteiger partial charge in [-0.1, -0.05) is 6.92 Å². The molecule has 0 aromatic rings. The molecule has 0 amide bonds. The molecular weight excluding hydrogens is 216 g/mol. The molecule has 4 saturated carbocycles. The second-order valence-corrected chi connectivity index (χ2v) is 6.82. The summed E-state index contributed by atoms with van der Waals surface area (Å²) in [7, 11) is 1.42. The predicted molar refractivity (Wildman–Crippen MR) is 63.5 cm³/mol. The summed E-state index contributed by atoms with van der Waals surface area (Å²) in [5.41, 5.74) is 0.466. The van der Waals surface area contributed by atoms with Gasteiger partial charge in [0.2, 0.25) is 0 Å². The second kappa shape index (κ2) is 3.71. The number of esters is 1. The summed E-state index contributed by atoms with van der Waals surface area (Å²) < 4.78 is 10.7. The maximum absolute atomic E-state index is 11.2. The molecule has 0 N–H and O–H groups in total. The Bertz CT molecular complexity index is 322. The first kappa shape index (κ1) is 11.5. The van der Waals surface area contributed by atoms with Gasteiger partial charge in [0, 0.05) is 0 Å². The molecule has 0 aliphatic heterocycles. The molecule has 0 aromatic heterocycles. The first-order valence-electron chi connectivity index (χ1n) is 6.73. The molecule has 2 atom stereocenters. The summed E-state index contributed by atoms with van der Waals surface area (Å²) in [6.07, 6.45) is 7.59. The van der Waals surface area contributed by atoms with Gasteiger partial charge in [0.25, 0.3) is 0 Å². The van der Waals surface area contributed by atoms with Crippen LogP contribution in [-0.4, -0.2) is 25.3 Å². The van der Waals surface area contributed by atoms with Gasteiger partial charge in [-0.15, -0.1) is 0 Å². The van der Waals surface area contributed by atoms with Crippen LogP contribution in [0.3, 0.4) is 0 Å². The monoisotopic (exact) mass is 238 g/mol. The van der Waals surface area contributed by atoms with Crippen LogP contribution in [0.25, 0.3) is 0 Å². The van der Waals surface area contributed by atoms with Crippen molar-refractivity contribution in [1.82, 2.24) is 0 Å². The van der Waals surface area contributed by atoms with E-state index in [-0.39, 0.29) is 18.2 Å². The van der Waals surface area contributed by atoms with Gasteiger partial charge in [-0.25, -0.2) is 4.79 Å². The molecule has 4 aliphatic rings. The van der Waals surface area contributed by atoms with Crippen LogP contribution in [-0.2, 0) is 14.3 Å². The molecule has 0 spiro atoms. The highest BCUT2D eigenvalue weighted by Crippen LogP contribution is 2.62. The molecule has 0 heterocycles. The Labute approximate surface area is 103 Å². The Morgan fingerprint density at radius 1 is 1.24 bits per heavy atom. The van der Waals surface area contributed by atoms with Crippen LogP contribution < -0.4 is 0 Å². The zero-order valence-corrected chi connectivity index (χ0v) is 10.8. The highest BCUT2D eigenvalue weighted by Gasteiger charge is 2.56. The van der Waals surface area contributed by atoms with Gasteiger partial charge in [-0.05, 0) is 55.8 Å². The number of ether oxygens (including phenoxy) is 2. The van der Waals surface area contributed by atoms with Crippen molar-refractivity contribution in [3.63, 3.8) is 0 Å². The van der Waals surface area contributed by atoms with Crippen LogP contribution in [0.2, 0.25) is 0 Å². The van der Waals surface area contributed by atoms with Crippen LogP contribution >= 0.6 is 0 Å².